The SMILES string of the molecule is Cc1ccc2sc(-c3ccc(N=Cc4ccc(Cl)cc4)cc3)nc2c1. The summed E-state index contributed by atoms with van der Waals surface area (Å²) >= 11 is 7.61. The van der Waals surface area contributed by atoms with Crippen LogP contribution in [0.2, 0.25) is 5.02 Å². The second kappa shape index (κ2) is 6.79. The molecule has 0 unspecified atom stereocenters. The van der Waals surface area contributed by atoms with Gasteiger partial charge in [0.05, 0.1) is 15.9 Å². The van der Waals surface area contributed by atoms with Gasteiger partial charge >= 0.3 is 0 Å². The maximum Gasteiger partial charge on any atom is 0.124 e. The molecule has 0 bridgehead atoms. The number of aryl methyl sites for hydroxylation is 1. The Morgan fingerprint density at radius 1 is 0.960 bits per heavy atom. The minimum absolute atomic E-state index is 0.729. The number of aliphatic imine (C=N–C) groups is 1. The average molecular weight is 363 g/mol. The van der Waals surface area contributed by atoms with Crippen molar-refractivity contribution in [2.75, 3.05) is 0 Å². The first kappa shape index (κ1) is 16.0. The monoisotopic (exact) mass is 362 g/mol. The van der Waals surface area contributed by atoms with Crippen LogP contribution in [0.3, 0.4) is 0 Å². The van der Waals surface area contributed by atoms with E-state index < -0.39 is 0 Å². The minimum Gasteiger partial charge on any atom is -0.256 e. The zero-order valence-electron chi connectivity index (χ0n) is 13.6. The predicted octanol–water partition coefficient (Wildman–Crippen LogP) is 6.68. The van der Waals surface area contributed by atoms with E-state index in [0.29, 0.717) is 0 Å². The molecule has 0 aliphatic rings. The maximum atomic E-state index is 5.89. The molecule has 0 saturated carbocycles. The van der Waals surface area contributed by atoms with Gasteiger partial charge in [0.15, 0.2) is 0 Å². The van der Waals surface area contributed by atoms with E-state index in [0.717, 1.165) is 32.4 Å². The molecule has 4 rings (SSSR count). The summed E-state index contributed by atoms with van der Waals surface area (Å²) in [6.07, 6.45) is 1.84. The highest BCUT2D eigenvalue weighted by Gasteiger charge is 2.06. The second-order valence-corrected chi connectivity index (χ2v) is 7.31. The molecule has 3 aromatic carbocycles. The van der Waals surface area contributed by atoms with E-state index in [1.807, 2.05) is 42.6 Å². The first-order chi connectivity index (χ1) is 12.2. The Kier molecular flexibility index (Phi) is 4.35. The normalized spacial score (nSPS) is 11.4. The number of hydrogen-bond acceptors (Lipinski definition) is 3. The van der Waals surface area contributed by atoms with Crippen molar-refractivity contribution in [2.45, 2.75) is 6.92 Å². The third-order valence-electron chi connectivity index (χ3n) is 3.89. The van der Waals surface area contributed by atoms with E-state index in [9.17, 15) is 0 Å². The Balaban J connectivity index is 1.57. The topological polar surface area (TPSA) is 25.2 Å². The van der Waals surface area contributed by atoms with Crippen LogP contribution in [0, 0.1) is 6.92 Å². The molecule has 0 radical (unpaired) electrons. The first-order valence-electron chi connectivity index (χ1n) is 7.95. The fourth-order valence-corrected chi connectivity index (χ4v) is 3.63. The fourth-order valence-electron chi connectivity index (χ4n) is 2.55. The lowest BCUT2D eigenvalue weighted by Crippen LogP contribution is -1.79. The quantitative estimate of drug-likeness (QED) is 0.373. The Morgan fingerprint density at radius 3 is 2.48 bits per heavy atom. The van der Waals surface area contributed by atoms with Crippen molar-refractivity contribution in [1.29, 1.82) is 0 Å². The molecule has 0 aliphatic heterocycles. The van der Waals surface area contributed by atoms with Crippen molar-refractivity contribution in [1.82, 2.24) is 4.98 Å². The Hall–Kier alpha value is -2.49. The van der Waals surface area contributed by atoms with Gasteiger partial charge in [-0.3, -0.25) is 4.99 Å². The minimum atomic E-state index is 0.729. The van der Waals surface area contributed by atoms with Crippen LogP contribution in [0.1, 0.15) is 11.1 Å². The average Bonchev–Trinajstić information content (AvgIpc) is 3.05. The van der Waals surface area contributed by atoms with Crippen LogP contribution in [0.15, 0.2) is 71.7 Å². The highest BCUT2D eigenvalue weighted by atomic mass is 35.5. The molecule has 4 aromatic rings. The molecular formula is C21H15ClN2S. The number of rotatable bonds is 3. The Morgan fingerprint density at radius 2 is 1.72 bits per heavy atom. The predicted molar refractivity (Wildman–Crippen MR) is 108 cm³/mol. The lowest BCUT2D eigenvalue weighted by molar-refractivity contribution is 1.43. The first-order valence-corrected chi connectivity index (χ1v) is 9.14. The van der Waals surface area contributed by atoms with E-state index in [2.05, 4.69) is 42.2 Å². The lowest BCUT2D eigenvalue weighted by Gasteiger charge is -1.98. The van der Waals surface area contributed by atoms with Gasteiger partial charge in [-0.2, -0.15) is 0 Å². The summed E-state index contributed by atoms with van der Waals surface area (Å²) in [7, 11) is 0. The van der Waals surface area contributed by atoms with E-state index in [1.165, 1.54) is 10.3 Å². The van der Waals surface area contributed by atoms with Gasteiger partial charge in [-0.05, 0) is 66.6 Å². The molecule has 25 heavy (non-hydrogen) atoms. The maximum absolute atomic E-state index is 5.89. The number of halogens is 1. The third kappa shape index (κ3) is 3.63. The highest BCUT2D eigenvalue weighted by Crippen LogP contribution is 2.31. The van der Waals surface area contributed by atoms with Gasteiger partial charge in [-0.1, -0.05) is 29.8 Å². The number of thiazole rings is 1. The Labute approximate surface area is 155 Å². The zero-order chi connectivity index (χ0) is 17.2. The van der Waals surface area contributed by atoms with Crippen LogP contribution in [-0.4, -0.2) is 11.2 Å². The van der Waals surface area contributed by atoms with Crippen LogP contribution >= 0.6 is 22.9 Å². The molecule has 0 aliphatic carbocycles. The number of aromatic nitrogens is 1. The van der Waals surface area contributed by atoms with Crippen molar-refractivity contribution in [3.05, 3.63) is 82.9 Å². The summed E-state index contributed by atoms with van der Waals surface area (Å²) in [6, 6.07) is 22.2. The number of hydrogen-bond donors (Lipinski definition) is 0. The molecular weight excluding hydrogens is 348 g/mol. The second-order valence-electron chi connectivity index (χ2n) is 5.85. The summed E-state index contributed by atoms with van der Waals surface area (Å²) < 4.78 is 1.21. The van der Waals surface area contributed by atoms with Gasteiger partial charge < -0.3 is 0 Å². The number of nitrogens with zero attached hydrogens (tertiary/aromatic N) is 2. The highest BCUT2D eigenvalue weighted by molar-refractivity contribution is 7.21. The summed E-state index contributed by atoms with van der Waals surface area (Å²) in [6.45, 7) is 2.09. The molecule has 0 amide bonds. The van der Waals surface area contributed by atoms with Crippen LogP contribution in [0.5, 0.6) is 0 Å². The summed E-state index contributed by atoms with van der Waals surface area (Å²) in [5.74, 6) is 0. The van der Waals surface area contributed by atoms with Crippen molar-refractivity contribution in [3.8, 4) is 10.6 Å². The van der Waals surface area contributed by atoms with Gasteiger partial charge in [-0.15, -0.1) is 11.3 Å². The van der Waals surface area contributed by atoms with Crippen molar-refractivity contribution < 1.29 is 0 Å². The third-order valence-corrected chi connectivity index (χ3v) is 5.23. The van der Waals surface area contributed by atoms with Gasteiger partial charge in [0.2, 0.25) is 0 Å². The molecule has 0 saturated heterocycles. The largest absolute Gasteiger partial charge is 0.256 e. The lowest BCUT2D eigenvalue weighted by atomic mass is 10.2. The molecule has 1 heterocycles. The summed E-state index contributed by atoms with van der Waals surface area (Å²) in [4.78, 5) is 9.25. The van der Waals surface area contributed by atoms with Crippen LogP contribution in [0.25, 0.3) is 20.8 Å². The standard InChI is InChI=1S/C21H15ClN2S/c1-14-2-11-20-19(12-14)24-21(25-20)16-5-9-18(10-6-16)23-13-15-3-7-17(22)8-4-15/h2-13H,1H3. The van der Waals surface area contributed by atoms with E-state index >= 15 is 0 Å². The Bertz CT molecular complexity index is 1050. The molecule has 1 aromatic heterocycles. The summed E-state index contributed by atoms with van der Waals surface area (Å²) in [5, 5.41) is 1.77. The fraction of sp³-hybridized carbons (Fsp3) is 0.0476. The smallest absolute Gasteiger partial charge is 0.124 e. The van der Waals surface area contributed by atoms with Crippen molar-refractivity contribution in [2.24, 2.45) is 4.99 Å². The number of fused-ring (bicyclic) bond motifs is 1. The van der Waals surface area contributed by atoms with E-state index in [4.69, 9.17) is 16.6 Å². The van der Waals surface area contributed by atoms with E-state index in [1.54, 1.807) is 11.3 Å². The molecule has 0 N–H and O–H groups in total. The summed E-state index contributed by atoms with van der Waals surface area (Å²) in [5.41, 5.74) is 5.34. The molecule has 0 atom stereocenters. The van der Waals surface area contributed by atoms with Gasteiger partial charge in [0, 0.05) is 16.8 Å². The van der Waals surface area contributed by atoms with Crippen LogP contribution in [0.4, 0.5) is 5.69 Å². The van der Waals surface area contributed by atoms with Gasteiger partial charge in [0.1, 0.15) is 5.01 Å². The van der Waals surface area contributed by atoms with Gasteiger partial charge in [-0.25, -0.2) is 4.98 Å². The van der Waals surface area contributed by atoms with E-state index in [-0.39, 0.29) is 0 Å². The molecule has 0 spiro atoms. The molecule has 2 nitrogen and oxygen atoms in total. The van der Waals surface area contributed by atoms with Crippen molar-refractivity contribution in [3.63, 3.8) is 0 Å². The molecule has 4 heteroatoms. The van der Waals surface area contributed by atoms with Crippen LogP contribution in [-0.2, 0) is 0 Å². The number of benzene rings is 3. The van der Waals surface area contributed by atoms with Crippen molar-refractivity contribution >= 4 is 45.1 Å². The molecule has 0 fully saturated rings. The van der Waals surface area contributed by atoms with Crippen LogP contribution < -0.4 is 0 Å². The van der Waals surface area contributed by atoms with Gasteiger partial charge in [0.25, 0.3) is 0 Å². The zero-order valence-corrected chi connectivity index (χ0v) is 15.2. The molecule has 122 valence electrons.